The van der Waals surface area contributed by atoms with Gasteiger partial charge in [0, 0.05) is 6.42 Å². The van der Waals surface area contributed by atoms with Crippen LogP contribution in [-0.4, -0.2) is 73.2 Å². The molecule has 0 heterocycles. The maximum absolute atomic E-state index is 13.6. The third-order valence-electron chi connectivity index (χ3n) is 3.81. The molecule has 0 fully saturated rings. The molecule has 36 heavy (non-hydrogen) atoms. The van der Waals surface area contributed by atoms with Gasteiger partial charge in [-0.15, -0.1) is 0 Å². The molecule has 0 spiro atoms. The van der Waals surface area contributed by atoms with Crippen molar-refractivity contribution in [3.8, 4) is 0 Å². The Bertz CT molecular complexity index is 956. The van der Waals surface area contributed by atoms with E-state index in [2.05, 4.69) is 20.8 Å². The van der Waals surface area contributed by atoms with Gasteiger partial charge in [-0.3, -0.25) is 9.35 Å². The first-order chi connectivity index (χ1) is 15.8. The zero-order valence-corrected chi connectivity index (χ0v) is 18.5. The fourth-order valence-electron chi connectivity index (χ4n) is 1.95. The molecule has 0 radical (unpaired) electrons. The Labute approximate surface area is 195 Å². The first-order valence-corrected chi connectivity index (χ1v) is 10.4. The van der Waals surface area contributed by atoms with Crippen LogP contribution in [0.1, 0.15) is 26.2 Å². The van der Waals surface area contributed by atoms with Gasteiger partial charge in [0.05, 0.1) is 6.61 Å². The Balaban J connectivity index is 5.84. The van der Waals surface area contributed by atoms with E-state index in [1.54, 1.807) is 0 Å². The van der Waals surface area contributed by atoms with Crippen molar-refractivity contribution >= 4 is 27.8 Å². The zero-order valence-electron chi connectivity index (χ0n) is 17.6. The van der Waals surface area contributed by atoms with Crippen molar-refractivity contribution < 1.29 is 85.5 Å². The second-order valence-corrected chi connectivity index (χ2v) is 8.22. The maximum atomic E-state index is 13.6. The normalized spacial score (nSPS) is 15.1. The van der Waals surface area contributed by atoms with Gasteiger partial charge in [0.2, 0.25) is 0 Å². The fraction of sp³-hybridized carbons (Fsp3) is 0.688. The number of carbonyl (C=O) groups is 3. The summed E-state index contributed by atoms with van der Waals surface area (Å²) < 4.78 is 172. The van der Waals surface area contributed by atoms with Gasteiger partial charge in [0.1, 0.15) is 12.2 Å². The van der Waals surface area contributed by atoms with Crippen molar-refractivity contribution in [1.82, 2.24) is 0 Å². The van der Waals surface area contributed by atoms with Crippen molar-refractivity contribution in [1.29, 1.82) is 0 Å². The van der Waals surface area contributed by atoms with E-state index >= 15 is 0 Å². The van der Waals surface area contributed by atoms with Crippen LogP contribution in [0.15, 0.2) is 12.2 Å². The zero-order chi connectivity index (χ0) is 29.0. The Morgan fingerprint density at radius 1 is 0.917 bits per heavy atom. The molecule has 0 amide bonds. The van der Waals surface area contributed by atoms with Crippen LogP contribution in [-0.2, 0) is 38.7 Å². The molecule has 0 aliphatic rings. The number of hydrogen-bond acceptors (Lipinski definition) is 8. The van der Waals surface area contributed by atoms with Crippen LogP contribution >= 0.6 is 0 Å². The van der Waals surface area contributed by atoms with Crippen LogP contribution in [0.2, 0.25) is 0 Å². The highest BCUT2D eigenvalue weighted by Crippen LogP contribution is 2.42. The quantitative estimate of drug-likeness (QED) is 0.0878. The summed E-state index contributed by atoms with van der Waals surface area (Å²) in [5, 5.41) is -6.00. The number of esters is 2. The number of rotatable bonds is 13. The Morgan fingerprint density at radius 3 is 1.81 bits per heavy atom. The molecule has 210 valence electrons. The lowest BCUT2D eigenvalue weighted by molar-refractivity contribution is -0.355. The van der Waals surface area contributed by atoms with Gasteiger partial charge in [-0.1, -0.05) is 6.58 Å². The average molecular weight is 574 g/mol. The Kier molecular flexibility index (Phi) is 10.5. The molecule has 0 saturated heterocycles. The van der Waals surface area contributed by atoms with E-state index in [4.69, 9.17) is 4.55 Å². The van der Waals surface area contributed by atoms with Crippen molar-refractivity contribution in [3.05, 3.63) is 12.2 Å². The Hall–Kier alpha value is -2.48. The molecule has 20 heteroatoms. The molecule has 0 aliphatic heterocycles. The van der Waals surface area contributed by atoms with Gasteiger partial charge in [0.15, 0.2) is 5.78 Å². The monoisotopic (exact) mass is 574 g/mol. The summed E-state index contributed by atoms with van der Waals surface area (Å²) in [5.41, 5.74) is -2.55. The summed E-state index contributed by atoms with van der Waals surface area (Å²) in [5.74, 6) is -17.2. The summed E-state index contributed by atoms with van der Waals surface area (Å²) in [4.78, 5) is 34.4. The molecule has 0 aromatic carbocycles. The highest BCUT2D eigenvalue weighted by Gasteiger charge is 2.68. The standard InChI is InChI=1S/C16H16F10O9S/c1-8(27)7-33-11(29)13(15(22,23)24,35-10(28)9(2)14(19,20)21)34-6-4-3-5-12(17,18)16(25,26)36(30,31)32/h2-7H2,1H3,(H,30,31,32). The topological polar surface area (TPSA) is 133 Å². The molecule has 1 N–H and O–H groups in total. The second kappa shape index (κ2) is 11.3. The van der Waals surface area contributed by atoms with E-state index in [1.165, 1.54) is 0 Å². The first kappa shape index (κ1) is 33.5. The average Bonchev–Trinajstić information content (AvgIpc) is 2.67. The van der Waals surface area contributed by atoms with E-state index in [9.17, 15) is 66.7 Å². The smallest absolute Gasteiger partial charge is 0.453 e. The minimum atomic E-state index is -6.61. The van der Waals surface area contributed by atoms with Crippen LogP contribution in [0.3, 0.4) is 0 Å². The summed E-state index contributed by atoms with van der Waals surface area (Å²) >= 11 is 0. The number of Topliss-reactive ketones (excluding diaryl/α,β-unsaturated/α-hetero) is 1. The fourth-order valence-corrected chi connectivity index (χ4v) is 2.43. The van der Waals surface area contributed by atoms with Gasteiger partial charge < -0.3 is 14.2 Å². The molecule has 1 unspecified atom stereocenters. The van der Waals surface area contributed by atoms with E-state index < -0.39 is 95.2 Å². The lowest BCUT2D eigenvalue weighted by Gasteiger charge is -2.32. The highest BCUT2D eigenvalue weighted by atomic mass is 32.2. The van der Waals surface area contributed by atoms with Crippen LogP contribution in [0, 0.1) is 0 Å². The summed E-state index contributed by atoms with van der Waals surface area (Å²) in [6.45, 7) is -0.161. The summed E-state index contributed by atoms with van der Waals surface area (Å²) in [6.07, 6.45) is -16.4. The molecule has 0 aliphatic carbocycles. The van der Waals surface area contributed by atoms with Gasteiger partial charge >= 0.3 is 51.4 Å². The third-order valence-corrected chi connectivity index (χ3v) is 4.76. The molecule has 1 atom stereocenters. The molecule has 0 saturated carbocycles. The molecular weight excluding hydrogens is 558 g/mol. The number of ketones is 1. The molecule has 0 rings (SSSR count). The van der Waals surface area contributed by atoms with E-state index in [1.807, 2.05) is 0 Å². The van der Waals surface area contributed by atoms with Crippen LogP contribution in [0.4, 0.5) is 43.9 Å². The number of halogens is 10. The van der Waals surface area contributed by atoms with Crippen molar-refractivity contribution in [2.45, 2.75) is 55.5 Å². The lowest BCUT2D eigenvalue weighted by atomic mass is 10.1. The summed E-state index contributed by atoms with van der Waals surface area (Å²) in [7, 11) is -6.61. The van der Waals surface area contributed by atoms with Crippen molar-refractivity contribution in [3.63, 3.8) is 0 Å². The Morgan fingerprint density at radius 2 is 1.42 bits per heavy atom. The van der Waals surface area contributed by atoms with E-state index in [0.717, 1.165) is 0 Å². The molecule has 0 aromatic heterocycles. The van der Waals surface area contributed by atoms with Gasteiger partial charge in [-0.05, 0) is 19.8 Å². The van der Waals surface area contributed by atoms with Crippen LogP contribution in [0.25, 0.3) is 0 Å². The summed E-state index contributed by atoms with van der Waals surface area (Å²) in [6, 6.07) is 0. The third kappa shape index (κ3) is 8.02. The van der Waals surface area contributed by atoms with Gasteiger partial charge in [-0.25, -0.2) is 9.59 Å². The maximum Gasteiger partial charge on any atom is 0.468 e. The number of hydrogen-bond donors (Lipinski definition) is 1. The number of carbonyl (C=O) groups excluding carboxylic acids is 3. The molecule has 0 bridgehead atoms. The van der Waals surface area contributed by atoms with Crippen molar-refractivity contribution in [2.75, 3.05) is 13.2 Å². The van der Waals surface area contributed by atoms with Gasteiger partial charge in [-0.2, -0.15) is 52.3 Å². The predicted octanol–water partition coefficient (Wildman–Crippen LogP) is 3.34. The number of alkyl halides is 10. The number of unbranched alkanes of at least 4 members (excludes halogenated alkanes) is 1. The van der Waals surface area contributed by atoms with E-state index in [0.29, 0.717) is 6.92 Å². The molecular formula is C16H16F10O9S. The first-order valence-electron chi connectivity index (χ1n) is 8.93. The predicted molar refractivity (Wildman–Crippen MR) is 93.0 cm³/mol. The molecule has 0 aromatic rings. The van der Waals surface area contributed by atoms with Gasteiger partial charge in [0.25, 0.3) is 0 Å². The second-order valence-electron chi connectivity index (χ2n) is 6.76. The minimum Gasteiger partial charge on any atom is -0.453 e. The van der Waals surface area contributed by atoms with Crippen LogP contribution < -0.4 is 0 Å². The largest absolute Gasteiger partial charge is 0.468 e. The lowest BCUT2D eigenvalue weighted by Crippen LogP contribution is -2.59. The van der Waals surface area contributed by atoms with Crippen molar-refractivity contribution in [2.24, 2.45) is 0 Å². The van der Waals surface area contributed by atoms with Crippen LogP contribution in [0.5, 0.6) is 0 Å². The minimum absolute atomic E-state index is 0.698. The molecule has 9 nitrogen and oxygen atoms in total. The SMILES string of the molecule is C=C(C(=O)OC(OCCCCC(F)(F)C(F)(F)S(=O)(=O)O)(C(=O)OCC(C)=O)C(F)(F)F)C(F)(F)F. The highest BCUT2D eigenvalue weighted by molar-refractivity contribution is 7.87. The number of ether oxygens (including phenoxy) is 3. The van der Waals surface area contributed by atoms with E-state index in [-0.39, 0.29) is 0 Å².